The predicted octanol–water partition coefficient (Wildman–Crippen LogP) is 3.67. The Bertz CT molecular complexity index is 424. The number of benzene rings is 1. The lowest BCUT2D eigenvalue weighted by molar-refractivity contribution is -0.137. The lowest BCUT2D eigenvalue weighted by atomic mass is 9.90. The molecule has 0 saturated carbocycles. The molecule has 0 saturated heterocycles. The largest absolute Gasteiger partial charge is 0.496 e. The Morgan fingerprint density at radius 2 is 2.00 bits per heavy atom. The number of aryl methyl sites for hydroxylation is 2. The van der Waals surface area contributed by atoms with Crippen LogP contribution in [-0.2, 0) is 4.79 Å². The summed E-state index contributed by atoms with van der Waals surface area (Å²) in [6, 6.07) is 4.21. The van der Waals surface area contributed by atoms with Gasteiger partial charge in [-0.15, -0.1) is 0 Å². The first-order chi connectivity index (χ1) is 8.45. The van der Waals surface area contributed by atoms with Gasteiger partial charge >= 0.3 is 5.97 Å². The van der Waals surface area contributed by atoms with E-state index in [-0.39, 0.29) is 6.42 Å². The van der Waals surface area contributed by atoms with Crippen LogP contribution in [0.25, 0.3) is 0 Å². The number of aliphatic carboxylic acids is 1. The van der Waals surface area contributed by atoms with Crippen molar-refractivity contribution in [3.05, 3.63) is 28.8 Å². The molecule has 1 unspecified atom stereocenters. The first-order valence-corrected chi connectivity index (χ1v) is 6.32. The molecule has 0 fully saturated rings. The summed E-state index contributed by atoms with van der Waals surface area (Å²) < 4.78 is 5.30. The third kappa shape index (κ3) is 3.76. The summed E-state index contributed by atoms with van der Waals surface area (Å²) in [5.74, 6) is 0.577. The van der Waals surface area contributed by atoms with Crippen molar-refractivity contribution in [1.82, 2.24) is 0 Å². The summed E-state index contributed by atoms with van der Waals surface area (Å²) in [4.78, 5) is 10.5. The Hall–Kier alpha value is -1.51. The van der Waals surface area contributed by atoms with Crippen LogP contribution in [0.4, 0.5) is 0 Å². The van der Waals surface area contributed by atoms with Gasteiger partial charge in [0, 0.05) is 6.42 Å². The maximum Gasteiger partial charge on any atom is 0.303 e. The highest BCUT2D eigenvalue weighted by Gasteiger charge is 2.12. The zero-order valence-electron chi connectivity index (χ0n) is 11.6. The van der Waals surface area contributed by atoms with E-state index >= 15 is 0 Å². The van der Waals surface area contributed by atoms with Gasteiger partial charge in [-0.05, 0) is 55.4 Å². The summed E-state index contributed by atoms with van der Waals surface area (Å²) in [7, 11) is 1.68. The van der Waals surface area contributed by atoms with Gasteiger partial charge in [0.1, 0.15) is 5.75 Å². The molecule has 0 aliphatic rings. The maximum absolute atomic E-state index is 10.5. The highest BCUT2D eigenvalue weighted by molar-refractivity contribution is 5.66. The monoisotopic (exact) mass is 250 g/mol. The zero-order chi connectivity index (χ0) is 13.7. The molecule has 1 N–H and O–H groups in total. The Morgan fingerprint density at radius 3 is 2.56 bits per heavy atom. The van der Waals surface area contributed by atoms with Gasteiger partial charge in [-0.25, -0.2) is 0 Å². The molecule has 1 atom stereocenters. The van der Waals surface area contributed by atoms with Crippen molar-refractivity contribution in [2.24, 2.45) is 0 Å². The first kappa shape index (κ1) is 14.6. The summed E-state index contributed by atoms with van der Waals surface area (Å²) in [5, 5.41) is 8.65. The van der Waals surface area contributed by atoms with Crippen LogP contribution in [-0.4, -0.2) is 18.2 Å². The molecule has 0 aromatic heterocycles. The minimum atomic E-state index is -0.718. The Kier molecular flexibility index (Phi) is 5.20. The van der Waals surface area contributed by atoms with Gasteiger partial charge in [-0.2, -0.15) is 0 Å². The maximum atomic E-state index is 10.5. The van der Waals surface area contributed by atoms with Crippen LogP contribution < -0.4 is 4.74 Å². The SMILES string of the molecule is COc1cc(C)c(C(C)CCCC(=O)O)cc1C. The van der Waals surface area contributed by atoms with Gasteiger partial charge in [0.25, 0.3) is 0 Å². The minimum Gasteiger partial charge on any atom is -0.496 e. The van der Waals surface area contributed by atoms with Crippen LogP contribution >= 0.6 is 0 Å². The van der Waals surface area contributed by atoms with E-state index in [2.05, 4.69) is 26.0 Å². The molecule has 0 spiro atoms. The van der Waals surface area contributed by atoms with E-state index in [4.69, 9.17) is 9.84 Å². The van der Waals surface area contributed by atoms with Crippen molar-refractivity contribution in [3.8, 4) is 5.75 Å². The average Bonchev–Trinajstić information content (AvgIpc) is 2.30. The third-order valence-electron chi connectivity index (χ3n) is 3.34. The molecule has 1 rings (SSSR count). The van der Waals surface area contributed by atoms with E-state index in [1.165, 1.54) is 11.1 Å². The Morgan fingerprint density at radius 1 is 1.33 bits per heavy atom. The number of carboxylic acid groups (broad SMARTS) is 1. The second-order valence-electron chi connectivity index (χ2n) is 4.87. The number of ether oxygens (including phenoxy) is 1. The van der Waals surface area contributed by atoms with Crippen LogP contribution in [0.3, 0.4) is 0 Å². The van der Waals surface area contributed by atoms with Crippen LogP contribution in [0.1, 0.15) is 48.8 Å². The van der Waals surface area contributed by atoms with Crippen molar-refractivity contribution in [1.29, 1.82) is 0 Å². The molecule has 0 heterocycles. The number of hydrogen-bond acceptors (Lipinski definition) is 2. The highest BCUT2D eigenvalue weighted by atomic mass is 16.5. The van der Waals surface area contributed by atoms with Gasteiger partial charge in [-0.1, -0.05) is 13.0 Å². The van der Waals surface area contributed by atoms with Crippen molar-refractivity contribution in [3.63, 3.8) is 0 Å². The van der Waals surface area contributed by atoms with Crippen LogP contribution in [0.2, 0.25) is 0 Å². The zero-order valence-corrected chi connectivity index (χ0v) is 11.6. The third-order valence-corrected chi connectivity index (χ3v) is 3.34. The number of carbonyl (C=O) groups is 1. The predicted molar refractivity (Wildman–Crippen MR) is 72.4 cm³/mol. The molecule has 0 amide bonds. The van der Waals surface area contributed by atoms with Gasteiger partial charge < -0.3 is 9.84 Å². The van der Waals surface area contributed by atoms with E-state index in [0.717, 1.165) is 24.2 Å². The van der Waals surface area contributed by atoms with Crippen molar-refractivity contribution in [2.75, 3.05) is 7.11 Å². The molecule has 1 aromatic rings. The van der Waals surface area contributed by atoms with Gasteiger partial charge in [0.15, 0.2) is 0 Å². The smallest absolute Gasteiger partial charge is 0.303 e. The second kappa shape index (κ2) is 6.43. The lowest BCUT2D eigenvalue weighted by Gasteiger charge is -2.17. The Labute approximate surface area is 109 Å². The molecule has 18 heavy (non-hydrogen) atoms. The Balaban J connectivity index is 2.76. The number of rotatable bonds is 6. The van der Waals surface area contributed by atoms with Crippen molar-refractivity contribution in [2.45, 2.75) is 46.0 Å². The summed E-state index contributed by atoms with van der Waals surface area (Å²) in [6.45, 7) is 6.26. The standard InChI is InChI=1S/C15H22O3/c1-10(6-5-7-15(16)17)13-8-12(3)14(18-4)9-11(13)2/h8-10H,5-7H2,1-4H3,(H,16,17). The molecule has 1 aromatic carbocycles. The van der Waals surface area contributed by atoms with Crippen LogP contribution in [0.5, 0.6) is 5.75 Å². The molecule has 100 valence electrons. The van der Waals surface area contributed by atoms with Crippen molar-refractivity contribution < 1.29 is 14.6 Å². The molecule has 0 aliphatic carbocycles. The fourth-order valence-electron chi connectivity index (χ4n) is 2.28. The number of carboxylic acids is 1. The lowest BCUT2D eigenvalue weighted by Crippen LogP contribution is -2.01. The summed E-state index contributed by atoms with van der Waals surface area (Å²) in [5.41, 5.74) is 3.63. The van der Waals surface area contributed by atoms with E-state index in [0.29, 0.717) is 5.92 Å². The number of hydrogen-bond donors (Lipinski definition) is 1. The van der Waals surface area contributed by atoms with Crippen LogP contribution in [0.15, 0.2) is 12.1 Å². The molecule has 3 heteroatoms. The quantitative estimate of drug-likeness (QED) is 0.838. The van der Waals surface area contributed by atoms with Crippen molar-refractivity contribution >= 4 is 5.97 Å². The van der Waals surface area contributed by atoms with E-state index in [9.17, 15) is 4.79 Å². The average molecular weight is 250 g/mol. The summed E-state index contributed by atoms with van der Waals surface area (Å²) in [6.07, 6.45) is 1.87. The molecular formula is C15H22O3. The minimum absolute atomic E-state index is 0.249. The summed E-state index contributed by atoms with van der Waals surface area (Å²) >= 11 is 0. The van der Waals surface area contributed by atoms with Crippen LogP contribution in [0, 0.1) is 13.8 Å². The fraction of sp³-hybridized carbons (Fsp3) is 0.533. The normalized spacial score (nSPS) is 12.2. The number of methoxy groups -OCH3 is 1. The van der Waals surface area contributed by atoms with E-state index < -0.39 is 5.97 Å². The molecular weight excluding hydrogens is 228 g/mol. The molecule has 0 bridgehead atoms. The van der Waals surface area contributed by atoms with E-state index in [1.54, 1.807) is 7.11 Å². The molecule has 0 radical (unpaired) electrons. The topological polar surface area (TPSA) is 46.5 Å². The van der Waals surface area contributed by atoms with Gasteiger partial charge in [-0.3, -0.25) is 4.79 Å². The second-order valence-corrected chi connectivity index (χ2v) is 4.87. The van der Waals surface area contributed by atoms with Gasteiger partial charge in [0.2, 0.25) is 0 Å². The molecule has 3 nitrogen and oxygen atoms in total. The first-order valence-electron chi connectivity index (χ1n) is 6.32. The molecule has 0 aliphatic heterocycles. The highest BCUT2D eigenvalue weighted by Crippen LogP contribution is 2.30. The fourth-order valence-corrected chi connectivity index (χ4v) is 2.28. The van der Waals surface area contributed by atoms with Gasteiger partial charge in [0.05, 0.1) is 7.11 Å². The van der Waals surface area contributed by atoms with E-state index in [1.807, 2.05) is 6.92 Å².